The van der Waals surface area contributed by atoms with Gasteiger partial charge in [-0.3, -0.25) is 9.52 Å². The maximum Gasteiger partial charge on any atom is 0.229 e. The summed E-state index contributed by atoms with van der Waals surface area (Å²) in [4.78, 5) is 12.3. The lowest BCUT2D eigenvalue weighted by Gasteiger charge is -2.23. The Kier molecular flexibility index (Phi) is 5.23. The number of hydrogen-bond donors (Lipinski definition) is 3. The highest BCUT2D eigenvalue weighted by Gasteiger charge is 2.57. The Morgan fingerprint density at radius 1 is 1.17 bits per heavy atom. The second kappa shape index (κ2) is 6.67. The topological polar surface area (TPSA) is 87.3 Å². The van der Waals surface area contributed by atoms with Crippen molar-refractivity contribution in [3.8, 4) is 0 Å². The zero-order chi connectivity index (χ0) is 15.8. The van der Waals surface area contributed by atoms with Gasteiger partial charge in [0.05, 0.1) is 6.26 Å². The van der Waals surface area contributed by atoms with Gasteiger partial charge in [0.2, 0.25) is 15.9 Å². The molecule has 3 rings (SSSR count). The van der Waals surface area contributed by atoms with Crippen molar-refractivity contribution in [2.24, 2.45) is 11.3 Å². The molecule has 0 bridgehead atoms. The molecule has 1 aliphatic carbocycles. The molecule has 3 N–H and O–H groups in total. The van der Waals surface area contributed by atoms with Gasteiger partial charge in [-0.15, -0.1) is 12.4 Å². The van der Waals surface area contributed by atoms with Crippen LogP contribution in [0.4, 0.5) is 11.4 Å². The van der Waals surface area contributed by atoms with Crippen LogP contribution in [-0.4, -0.2) is 33.7 Å². The summed E-state index contributed by atoms with van der Waals surface area (Å²) >= 11 is 0. The SMILES string of the molecule is CS(=O)(=O)Nc1ccc(NC(=O)C2CC23CCNCC3)cc1.Cl. The van der Waals surface area contributed by atoms with Gasteiger partial charge in [0.15, 0.2) is 0 Å². The molecule has 2 aliphatic rings. The molecule has 1 saturated carbocycles. The molecule has 1 atom stereocenters. The van der Waals surface area contributed by atoms with E-state index in [0.717, 1.165) is 38.6 Å². The van der Waals surface area contributed by atoms with Crippen molar-refractivity contribution in [1.29, 1.82) is 0 Å². The van der Waals surface area contributed by atoms with Crippen molar-refractivity contribution < 1.29 is 13.2 Å². The lowest BCUT2D eigenvalue weighted by atomic mass is 9.92. The Morgan fingerprint density at radius 3 is 2.30 bits per heavy atom. The third kappa shape index (κ3) is 4.37. The van der Waals surface area contributed by atoms with E-state index in [0.29, 0.717) is 11.4 Å². The van der Waals surface area contributed by atoms with E-state index in [9.17, 15) is 13.2 Å². The number of piperidine rings is 1. The van der Waals surface area contributed by atoms with Crippen molar-refractivity contribution in [2.75, 3.05) is 29.4 Å². The van der Waals surface area contributed by atoms with Gasteiger partial charge in [0, 0.05) is 17.3 Å². The summed E-state index contributed by atoms with van der Waals surface area (Å²) in [6.45, 7) is 1.99. The Hall–Kier alpha value is -1.31. The van der Waals surface area contributed by atoms with Gasteiger partial charge in [0.1, 0.15) is 0 Å². The quantitative estimate of drug-likeness (QED) is 0.765. The summed E-state index contributed by atoms with van der Waals surface area (Å²) in [6.07, 6.45) is 4.23. The lowest BCUT2D eigenvalue weighted by Crippen LogP contribution is -2.31. The van der Waals surface area contributed by atoms with Crippen LogP contribution in [-0.2, 0) is 14.8 Å². The first kappa shape index (κ1) is 18.0. The molecule has 1 aliphatic heterocycles. The van der Waals surface area contributed by atoms with Crippen LogP contribution in [0.2, 0.25) is 0 Å². The monoisotopic (exact) mass is 359 g/mol. The zero-order valence-corrected chi connectivity index (χ0v) is 14.6. The van der Waals surface area contributed by atoms with Crippen molar-refractivity contribution in [2.45, 2.75) is 19.3 Å². The van der Waals surface area contributed by atoms with E-state index in [-0.39, 0.29) is 29.6 Å². The second-order valence-electron chi connectivity index (χ2n) is 6.31. The molecule has 1 unspecified atom stereocenters. The summed E-state index contributed by atoms with van der Waals surface area (Å²) in [6, 6.07) is 6.71. The van der Waals surface area contributed by atoms with Gasteiger partial charge in [-0.2, -0.15) is 0 Å². The fourth-order valence-corrected chi connectivity index (χ4v) is 3.82. The summed E-state index contributed by atoms with van der Waals surface area (Å²) in [7, 11) is -3.28. The van der Waals surface area contributed by atoms with Crippen molar-refractivity contribution in [3.63, 3.8) is 0 Å². The van der Waals surface area contributed by atoms with Crippen molar-refractivity contribution >= 4 is 39.7 Å². The molecular formula is C15H22ClN3O3S. The highest BCUT2D eigenvalue weighted by Crippen LogP contribution is 2.58. The molecule has 1 aromatic carbocycles. The number of rotatable bonds is 4. The Balaban J connectivity index is 0.00000192. The van der Waals surface area contributed by atoms with Gasteiger partial charge in [0.25, 0.3) is 0 Å². The molecule has 1 spiro atoms. The minimum Gasteiger partial charge on any atom is -0.326 e. The summed E-state index contributed by atoms with van der Waals surface area (Å²) in [5.74, 6) is 0.189. The van der Waals surface area contributed by atoms with E-state index in [1.54, 1.807) is 24.3 Å². The Bertz CT molecular complexity index is 670. The number of carbonyl (C=O) groups excluding carboxylic acids is 1. The largest absolute Gasteiger partial charge is 0.326 e. The van der Waals surface area contributed by atoms with Gasteiger partial charge < -0.3 is 10.6 Å². The van der Waals surface area contributed by atoms with Crippen LogP contribution < -0.4 is 15.4 Å². The molecule has 0 radical (unpaired) electrons. The van der Waals surface area contributed by atoms with Crippen molar-refractivity contribution in [1.82, 2.24) is 5.32 Å². The number of nitrogens with one attached hydrogen (secondary N) is 3. The predicted molar refractivity (Wildman–Crippen MR) is 93.4 cm³/mol. The van der Waals surface area contributed by atoms with Crippen LogP contribution in [0.25, 0.3) is 0 Å². The average Bonchev–Trinajstić information content (AvgIpc) is 3.14. The third-order valence-corrected chi connectivity index (χ3v) is 5.17. The fourth-order valence-electron chi connectivity index (χ4n) is 3.26. The smallest absolute Gasteiger partial charge is 0.229 e. The summed E-state index contributed by atoms with van der Waals surface area (Å²) < 4.78 is 24.7. The lowest BCUT2D eigenvalue weighted by molar-refractivity contribution is -0.118. The molecule has 1 saturated heterocycles. The number of hydrogen-bond acceptors (Lipinski definition) is 4. The number of amides is 1. The summed E-state index contributed by atoms with van der Waals surface area (Å²) in [5.41, 5.74) is 1.40. The normalized spacial score (nSPS) is 22.0. The van der Waals surface area contributed by atoms with Crippen LogP contribution in [0, 0.1) is 11.3 Å². The molecule has 23 heavy (non-hydrogen) atoms. The number of halogens is 1. The van der Waals surface area contributed by atoms with Crippen LogP contribution >= 0.6 is 12.4 Å². The minimum absolute atomic E-state index is 0. The number of carbonyl (C=O) groups is 1. The van der Waals surface area contributed by atoms with Gasteiger partial charge in [-0.25, -0.2) is 8.42 Å². The second-order valence-corrected chi connectivity index (χ2v) is 8.06. The van der Waals surface area contributed by atoms with E-state index in [1.807, 2.05) is 0 Å². The van der Waals surface area contributed by atoms with Crippen LogP contribution in [0.3, 0.4) is 0 Å². The molecule has 6 nitrogen and oxygen atoms in total. The highest BCUT2D eigenvalue weighted by atomic mass is 35.5. The van der Waals surface area contributed by atoms with E-state index in [2.05, 4.69) is 15.4 Å². The predicted octanol–water partition coefficient (Wildman–Crippen LogP) is 1.81. The van der Waals surface area contributed by atoms with E-state index >= 15 is 0 Å². The fraction of sp³-hybridized carbons (Fsp3) is 0.533. The molecule has 0 aromatic heterocycles. The molecule has 1 aromatic rings. The molecule has 1 heterocycles. The minimum atomic E-state index is -3.28. The molecular weight excluding hydrogens is 338 g/mol. The average molecular weight is 360 g/mol. The molecule has 128 valence electrons. The maximum absolute atomic E-state index is 12.3. The Morgan fingerprint density at radius 2 is 1.74 bits per heavy atom. The van der Waals surface area contributed by atoms with Crippen LogP contribution in [0.15, 0.2) is 24.3 Å². The third-order valence-electron chi connectivity index (χ3n) is 4.56. The summed E-state index contributed by atoms with van der Waals surface area (Å²) in [5, 5.41) is 6.26. The number of anilines is 2. The Labute approximate surface area is 142 Å². The molecule has 1 amide bonds. The van der Waals surface area contributed by atoms with Gasteiger partial charge in [-0.1, -0.05) is 0 Å². The van der Waals surface area contributed by atoms with Crippen LogP contribution in [0.5, 0.6) is 0 Å². The van der Waals surface area contributed by atoms with Gasteiger partial charge in [-0.05, 0) is 62.0 Å². The molecule has 2 fully saturated rings. The highest BCUT2D eigenvalue weighted by molar-refractivity contribution is 7.92. The zero-order valence-electron chi connectivity index (χ0n) is 13.0. The maximum atomic E-state index is 12.3. The van der Waals surface area contributed by atoms with Crippen LogP contribution in [0.1, 0.15) is 19.3 Å². The first-order chi connectivity index (χ1) is 10.4. The number of sulfonamides is 1. The van der Waals surface area contributed by atoms with Gasteiger partial charge >= 0.3 is 0 Å². The number of benzene rings is 1. The standard InChI is InChI=1S/C15H21N3O3S.ClH/c1-22(20,21)18-12-4-2-11(3-5-12)17-14(19)13-10-15(13)6-8-16-9-7-15;/h2-5,13,16,18H,6-10H2,1H3,(H,17,19);1H. The van der Waals surface area contributed by atoms with E-state index in [1.165, 1.54) is 0 Å². The first-order valence-electron chi connectivity index (χ1n) is 7.47. The van der Waals surface area contributed by atoms with Crippen molar-refractivity contribution in [3.05, 3.63) is 24.3 Å². The van der Waals surface area contributed by atoms with E-state index < -0.39 is 10.0 Å². The molecule has 8 heteroatoms. The van der Waals surface area contributed by atoms with E-state index in [4.69, 9.17) is 0 Å². The first-order valence-corrected chi connectivity index (χ1v) is 9.37.